The van der Waals surface area contributed by atoms with Gasteiger partial charge in [0.25, 0.3) is 0 Å². The average Bonchev–Trinajstić information content (AvgIpc) is 2.68. The molecular formula is C20H25N3O4. The molecule has 2 aromatic rings. The van der Waals surface area contributed by atoms with Crippen molar-refractivity contribution in [3.63, 3.8) is 0 Å². The quantitative estimate of drug-likeness (QED) is 0.549. The molecule has 1 aliphatic heterocycles. The summed E-state index contributed by atoms with van der Waals surface area (Å²) in [6.07, 6.45) is -0.0179. The minimum Gasteiger partial charge on any atom is -0.394 e. The summed E-state index contributed by atoms with van der Waals surface area (Å²) in [5, 5.41) is 25.9. The van der Waals surface area contributed by atoms with Crippen LogP contribution in [0.1, 0.15) is 12.0 Å². The Bertz CT molecular complexity index is 807. The Kier molecular flexibility index (Phi) is 6.39. The van der Waals surface area contributed by atoms with E-state index in [0.29, 0.717) is 19.6 Å². The largest absolute Gasteiger partial charge is 0.394 e. The summed E-state index contributed by atoms with van der Waals surface area (Å²) in [7, 11) is 0. The molecule has 27 heavy (non-hydrogen) atoms. The number of carbonyl (C=O) groups is 2. The van der Waals surface area contributed by atoms with E-state index in [4.69, 9.17) is 10.2 Å². The van der Waals surface area contributed by atoms with Gasteiger partial charge in [-0.15, -0.1) is 0 Å². The molecule has 0 aliphatic carbocycles. The second-order valence-electron chi connectivity index (χ2n) is 6.79. The fraction of sp³-hybridized carbons (Fsp3) is 0.400. The number of carbonyl (C=O) groups excluding carboxylic acids is 2. The van der Waals surface area contributed by atoms with E-state index in [1.54, 1.807) is 0 Å². The molecule has 1 atom stereocenters. The first kappa shape index (κ1) is 19.3. The van der Waals surface area contributed by atoms with Crippen LogP contribution in [0.2, 0.25) is 0 Å². The number of nitrogens with one attached hydrogen (secondary N) is 2. The number of hydrogen-bond donors (Lipinski definition) is 4. The number of aliphatic hydroxyl groups excluding tert-OH is 2. The Morgan fingerprint density at radius 2 is 1.93 bits per heavy atom. The van der Waals surface area contributed by atoms with Crippen LogP contribution in [-0.4, -0.2) is 65.3 Å². The van der Waals surface area contributed by atoms with E-state index < -0.39 is 12.1 Å². The van der Waals surface area contributed by atoms with Crippen LogP contribution in [0.4, 0.5) is 0 Å². The van der Waals surface area contributed by atoms with Crippen LogP contribution in [0.15, 0.2) is 42.5 Å². The third-order valence-electron chi connectivity index (χ3n) is 4.83. The third-order valence-corrected chi connectivity index (χ3v) is 4.83. The molecule has 2 aromatic carbocycles. The zero-order chi connectivity index (χ0) is 19.2. The zero-order valence-electron chi connectivity index (χ0n) is 15.1. The van der Waals surface area contributed by atoms with Crippen LogP contribution in [0, 0.1) is 0 Å². The standard InChI is InChI=1S/C20H25N3O4/c24-12-17(13-25)22-19(26)10-18-20(27)21-7-8-23(18)11-14-5-6-15-3-1-2-4-16(15)9-14/h1-6,9,17-18,24-25H,7-8,10-13H2,(H,21,27)(H,22,26). The Balaban J connectivity index is 1.71. The summed E-state index contributed by atoms with van der Waals surface area (Å²) in [4.78, 5) is 26.5. The highest BCUT2D eigenvalue weighted by atomic mass is 16.3. The lowest BCUT2D eigenvalue weighted by Gasteiger charge is -2.35. The van der Waals surface area contributed by atoms with Gasteiger partial charge in [0, 0.05) is 19.6 Å². The van der Waals surface area contributed by atoms with Gasteiger partial charge in [-0.3, -0.25) is 14.5 Å². The van der Waals surface area contributed by atoms with Crippen LogP contribution < -0.4 is 10.6 Å². The number of rotatable bonds is 7. The maximum Gasteiger partial charge on any atom is 0.237 e. The maximum absolute atomic E-state index is 12.3. The van der Waals surface area contributed by atoms with Gasteiger partial charge in [-0.1, -0.05) is 36.4 Å². The Morgan fingerprint density at radius 3 is 2.67 bits per heavy atom. The van der Waals surface area contributed by atoms with E-state index in [1.807, 2.05) is 23.1 Å². The van der Waals surface area contributed by atoms with Crippen molar-refractivity contribution in [2.75, 3.05) is 26.3 Å². The molecule has 7 heteroatoms. The van der Waals surface area contributed by atoms with Gasteiger partial charge in [-0.25, -0.2) is 0 Å². The molecule has 1 heterocycles. The lowest BCUT2D eigenvalue weighted by Crippen LogP contribution is -2.56. The van der Waals surface area contributed by atoms with Gasteiger partial charge in [0.05, 0.1) is 31.7 Å². The summed E-state index contributed by atoms with van der Waals surface area (Å²) < 4.78 is 0. The van der Waals surface area contributed by atoms with Crippen molar-refractivity contribution in [1.29, 1.82) is 0 Å². The molecule has 1 unspecified atom stereocenters. The Labute approximate surface area is 158 Å². The highest BCUT2D eigenvalue weighted by molar-refractivity contribution is 5.89. The Hall–Kier alpha value is -2.48. The number of benzene rings is 2. The van der Waals surface area contributed by atoms with Gasteiger partial charge < -0.3 is 20.8 Å². The number of nitrogens with zero attached hydrogens (tertiary/aromatic N) is 1. The van der Waals surface area contributed by atoms with Crippen molar-refractivity contribution < 1.29 is 19.8 Å². The first-order valence-electron chi connectivity index (χ1n) is 9.11. The average molecular weight is 371 g/mol. The highest BCUT2D eigenvalue weighted by Crippen LogP contribution is 2.19. The van der Waals surface area contributed by atoms with Crippen molar-refractivity contribution in [1.82, 2.24) is 15.5 Å². The van der Waals surface area contributed by atoms with Crippen LogP contribution in [0.3, 0.4) is 0 Å². The molecule has 1 fully saturated rings. The highest BCUT2D eigenvalue weighted by Gasteiger charge is 2.32. The van der Waals surface area contributed by atoms with Gasteiger partial charge in [-0.2, -0.15) is 0 Å². The molecule has 1 aliphatic rings. The van der Waals surface area contributed by atoms with Gasteiger partial charge in [0.15, 0.2) is 0 Å². The molecular weight excluding hydrogens is 346 g/mol. The molecule has 1 saturated heterocycles. The lowest BCUT2D eigenvalue weighted by molar-refractivity contribution is -0.134. The van der Waals surface area contributed by atoms with Crippen molar-refractivity contribution in [2.24, 2.45) is 0 Å². The fourth-order valence-corrected chi connectivity index (χ4v) is 3.36. The molecule has 144 valence electrons. The van der Waals surface area contributed by atoms with Crippen LogP contribution in [-0.2, 0) is 16.1 Å². The van der Waals surface area contributed by atoms with Crippen molar-refractivity contribution in [2.45, 2.75) is 25.0 Å². The minimum absolute atomic E-state index is 0.0179. The van der Waals surface area contributed by atoms with E-state index in [9.17, 15) is 9.59 Å². The molecule has 0 bridgehead atoms. The van der Waals surface area contributed by atoms with E-state index >= 15 is 0 Å². The minimum atomic E-state index is -0.710. The Morgan fingerprint density at radius 1 is 1.19 bits per heavy atom. The van der Waals surface area contributed by atoms with Gasteiger partial charge in [0.2, 0.25) is 11.8 Å². The first-order chi connectivity index (χ1) is 13.1. The van der Waals surface area contributed by atoms with Crippen molar-refractivity contribution in [3.05, 3.63) is 48.0 Å². The van der Waals surface area contributed by atoms with Gasteiger partial charge in [0.1, 0.15) is 0 Å². The van der Waals surface area contributed by atoms with E-state index in [-0.39, 0.29) is 31.4 Å². The second-order valence-corrected chi connectivity index (χ2v) is 6.79. The summed E-state index contributed by atoms with van der Waals surface area (Å²) in [6, 6.07) is 13.0. The molecule has 0 radical (unpaired) electrons. The second kappa shape index (κ2) is 8.94. The molecule has 2 amide bonds. The first-order valence-corrected chi connectivity index (χ1v) is 9.11. The molecule has 0 spiro atoms. The van der Waals surface area contributed by atoms with Crippen LogP contribution in [0.5, 0.6) is 0 Å². The molecule has 0 aromatic heterocycles. The van der Waals surface area contributed by atoms with Crippen LogP contribution >= 0.6 is 0 Å². The monoisotopic (exact) mass is 371 g/mol. The summed E-state index contributed by atoms with van der Waals surface area (Å²) in [5.74, 6) is -0.546. The zero-order valence-corrected chi connectivity index (χ0v) is 15.1. The summed E-state index contributed by atoms with van der Waals surface area (Å²) >= 11 is 0. The number of hydrogen-bond acceptors (Lipinski definition) is 5. The number of amides is 2. The summed E-state index contributed by atoms with van der Waals surface area (Å²) in [6.45, 7) is 1.07. The van der Waals surface area contributed by atoms with Gasteiger partial charge in [-0.05, 0) is 22.4 Å². The van der Waals surface area contributed by atoms with Crippen molar-refractivity contribution >= 4 is 22.6 Å². The maximum atomic E-state index is 12.3. The molecule has 7 nitrogen and oxygen atoms in total. The topological polar surface area (TPSA) is 102 Å². The fourth-order valence-electron chi connectivity index (χ4n) is 3.36. The number of aliphatic hydroxyl groups is 2. The normalized spacial score (nSPS) is 17.9. The smallest absolute Gasteiger partial charge is 0.237 e. The molecule has 4 N–H and O–H groups in total. The predicted octanol–water partition coefficient (Wildman–Crippen LogP) is -0.000300. The van der Waals surface area contributed by atoms with E-state index in [2.05, 4.69) is 34.9 Å². The van der Waals surface area contributed by atoms with E-state index in [0.717, 1.165) is 16.3 Å². The van der Waals surface area contributed by atoms with Crippen LogP contribution in [0.25, 0.3) is 10.8 Å². The molecule has 3 rings (SSSR count). The van der Waals surface area contributed by atoms with Gasteiger partial charge >= 0.3 is 0 Å². The predicted molar refractivity (Wildman–Crippen MR) is 102 cm³/mol. The van der Waals surface area contributed by atoms with Crippen molar-refractivity contribution in [3.8, 4) is 0 Å². The SMILES string of the molecule is O=C(CC1C(=O)NCCN1Cc1ccc2ccccc2c1)NC(CO)CO. The third kappa shape index (κ3) is 4.82. The lowest BCUT2D eigenvalue weighted by atomic mass is 10.0. The number of piperazine rings is 1. The summed E-state index contributed by atoms with van der Waals surface area (Å²) in [5.41, 5.74) is 1.08. The van der Waals surface area contributed by atoms with E-state index in [1.165, 1.54) is 0 Å². The number of fused-ring (bicyclic) bond motifs is 1. The molecule has 0 saturated carbocycles.